The first-order chi connectivity index (χ1) is 8.78. The summed E-state index contributed by atoms with van der Waals surface area (Å²) in [5.74, 6) is -1.28. The number of fused-ring (bicyclic) bond motifs is 1. The zero-order valence-corrected chi connectivity index (χ0v) is 11.1. The Labute approximate surface area is 110 Å². The SMILES string of the molecule is CC(C)(C)OC(=O)N1CCc2c(noc2C(=O)O)C1. The molecule has 1 aliphatic heterocycles. The molecule has 1 amide bonds. The summed E-state index contributed by atoms with van der Waals surface area (Å²) in [6, 6.07) is 0. The van der Waals surface area contributed by atoms with E-state index in [2.05, 4.69) is 5.16 Å². The van der Waals surface area contributed by atoms with Gasteiger partial charge < -0.3 is 19.3 Å². The van der Waals surface area contributed by atoms with Crippen LogP contribution in [0.4, 0.5) is 4.79 Å². The van der Waals surface area contributed by atoms with E-state index in [9.17, 15) is 9.59 Å². The molecule has 0 radical (unpaired) electrons. The van der Waals surface area contributed by atoms with Crippen LogP contribution >= 0.6 is 0 Å². The average molecular weight is 268 g/mol. The normalized spacial score (nSPS) is 15.0. The fourth-order valence-corrected chi connectivity index (χ4v) is 1.88. The molecule has 2 heterocycles. The van der Waals surface area contributed by atoms with Gasteiger partial charge in [0.05, 0.1) is 6.54 Å². The van der Waals surface area contributed by atoms with Gasteiger partial charge in [-0.2, -0.15) is 0 Å². The van der Waals surface area contributed by atoms with Crippen molar-refractivity contribution in [2.24, 2.45) is 0 Å². The fourth-order valence-electron chi connectivity index (χ4n) is 1.88. The second kappa shape index (κ2) is 4.56. The quantitative estimate of drug-likeness (QED) is 0.832. The second-order valence-corrected chi connectivity index (χ2v) is 5.39. The van der Waals surface area contributed by atoms with Gasteiger partial charge in [0.25, 0.3) is 0 Å². The first-order valence-corrected chi connectivity index (χ1v) is 5.96. The number of aromatic nitrogens is 1. The zero-order chi connectivity index (χ0) is 14.2. The Hall–Kier alpha value is -2.05. The van der Waals surface area contributed by atoms with Gasteiger partial charge >= 0.3 is 12.1 Å². The maximum absolute atomic E-state index is 11.9. The third kappa shape index (κ3) is 2.86. The standard InChI is InChI=1S/C12H16N2O5/c1-12(2,3)18-11(17)14-5-4-7-8(6-14)13-19-9(7)10(15)16/h4-6H2,1-3H3,(H,15,16). The number of carbonyl (C=O) groups excluding carboxylic acids is 1. The molecule has 0 aliphatic carbocycles. The lowest BCUT2D eigenvalue weighted by Gasteiger charge is -2.29. The molecule has 0 fully saturated rings. The molecule has 0 unspecified atom stereocenters. The smallest absolute Gasteiger partial charge is 0.410 e. The minimum absolute atomic E-state index is 0.140. The van der Waals surface area contributed by atoms with Gasteiger partial charge in [-0.1, -0.05) is 5.16 Å². The lowest BCUT2D eigenvalue weighted by atomic mass is 10.1. The maximum Gasteiger partial charge on any atom is 0.410 e. The molecule has 7 nitrogen and oxygen atoms in total. The van der Waals surface area contributed by atoms with Crippen molar-refractivity contribution in [2.45, 2.75) is 39.3 Å². The van der Waals surface area contributed by atoms with Crippen molar-refractivity contribution in [1.29, 1.82) is 0 Å². The van der Waals surface area contributed by atoms with Crippen LogP contribution in [-0.2, 0) is 17.7 Å². The van der Waals surface area contributed by atoms with E-state index in [0.29, 0.717) is 24.2 Å². The van der Waals surface area contributed by atoms with Gasteiger partial charge in [0.2, 0.25) is 5.76 Å². The van der Waals surface area contributed by atoms with Gasteiger partial charge in [0, 0.05) is 12.1 Å². The van der Waals surface area contributed by atoms with Gasteiger partial charge in [0.15, 0.2) is 0 Å². The number of rotatable bonds is 1. The van der Waals surface area contributed by atoms with Crippen molar-refractivity contribution in [3.63, 3.8) is 0 Å². The number of carboxylic acid groups (broad SMARTS) is 1. The predicted molar refractivity (Wildman–Crippen MR) is 63.8 cm³/mol. The number of aromatic carboxylic acids is 1. The Morgan fingerprint density at radius 2 is 2.11 bits per heavy atom. The lowest BCUT2D eigenvalue weighted by molar-refractivity contribution is 0.0220. The number of nitrogens with zero attached hydrogens (tertiary/aromatic N) is 2. The molecule has 1 aliphatic rings. The summed E-state index contributed by atoms with van der Waals surface area (Å²) >= 11 is 0. The summed E-state index contributed by atoms with van der Waals surface area (Å²) in [5, 5.41) is 12.6. The Morgan fingerprint density at radius 3 is 2.68 bits per heavy atom. The molecular weight excluding hydrogens is 252 g/mol. The van der Waals surface area contributed by atoms with E-state index in [-0.39, 0.29) is 12.3 Å². The van der Waals surface area contributed by atoms with Crippen molar-refractivity contribution in [3.8, 4) is 0 Å². The number of amides is 1. The van der Waals surface area contributed by atoms with Crippen molar-refractivity contribution in [1.82, 2.24) is 10.1 Å². The second-order valence-electron chi connectivity index (χ2n) is 5.39. The number of carbonyl (C=O) groups is 2. The molecule has 0 saturated heterocycles. The van der Waals surface area contributed by atoms with Crippen LogP contribution in [0.5, 0.6) is 0 Å². The van der Waals surface area contributed by atoms with E-state index in [1.165, 1.54) is 4.90 Å². The Morgan fingerprint density at radius 1 is 1.42 bits per heavy atom. The molecule has 2 rings (SSSR count). The van der Waals surface area contributed by atoms with Crippen LogP contribution in [-0.4, -0.2) is 39.4 Å². The van der Waals surface area contributed by atoms with Crippen LogP contribution in [0.25, 0.3) is 0 Å². The van der Waals surface area contributed by atoms with Crippen LogP contribution in [0, 0.1) is 0 Å². The third-order valence-electron chi connectivity index (χ3n) is 2.69. The number of carboxylic acids is 1. The van der Waals surface area contributed by atoms with Gasteiger partial charge in [-0.05, 0) is 27.2 Å². The van der Waals surface area contributed by atoms with E-state index in [1.807, 2.05) is 0 Å². The molecule has 0 bridgehead atoms. The molecule has 1 N–H and O–H groups in total. The summed E-state index contributed by atoms with van der Waals surface area (Å²) in [4.78, 5) is 24.3. The monoisotopic (exact) mass is 268 g/mol. The molecule has 1 aromatic heterocycles. The topological polar surface area (TPSA) is 92.9 Å². The summed E-state index contributed by atoms with van der Waals surface area (Å²) in [6.07, 6.45) is -0.0299. The first kappa shape index (κ1) is 13.4. The van der Waals surface area contributed by atoms with E-state index in [1.54, 1.807) is 20.8 Å². The first-order valence-electron chi connectivity index (χ1n) is 5.96. The van der Waals surface area contributed by atoms with Crippen LogP contribution < -0.4 is 0 Å². The number of ether oxygens (including phenoxy) is 1. The molecule has 0 atom stereocenters. The van der Waals surface area contributed by atoms with E-state index in [4.69, 9.17) is 14.4 Å². The Bertz CT molecular complexity index is 515. The minimum Gasteiger partial charge on any atom is -0.475 e. The van der Waals surface area contributed by atoms with E-state index < -0.39 is 17.7 Å². The average Bonchev–Trinajstić information content (AvgIpc) is 2.68. The van der Waals surface area contributed by atoms with Crippen molar-refractivity contribution >= 4 is 12.1 Å². The van der Waals surface area contributed by atoms with Crippen molar-refractivity contribution in [2.75, 3.05) is 6.54 Å². The summed E-state index contributed by atoms with van der Waals surface area (Å²) in [6.45, 7) is 5.97. The molecule has 0 aromatic carbocycles. The molecular formula is C12H16N2O5. The molecule has 104 valence electrons. The van der Waals surface area contributed by atoms with Crippen LogP contribution in [0.15, 0.2) is 4.52 Å². The van der Waals surface area contributed by atoms with Gasteiger partial charge in [-0.25, -0.2) is 9.59 Å². The molecule has 1 aromatic rings. The predicted octanol–water partition coefficient (Wildman–Crippen LogP) is 1.67. The van der Waals surface area contributed by atoms with Crippen LogP contribution in [0.3, 0.4) is 0 Å². The Kier molecular flexibility index (Phi) is 3.21. The molecule has 19 heavy (non-hydrogen) atoms. The van der Waals surface area contributed by atoms with Gasteiger partial charge in [-0.3, -0.25) is 0 Å². The highest BCUT2D eigenvalue weighted by molar-refractivity contribution is 5.86. The number of hydrogen-bond donors (Lipinski definition) is 1. The fraction of sp³-hybridized carbons (Fsp3) is 0.583. The molecule has 0 saturated carbocycles. The maximum atomic E-state index is 11.9. The molecule has 7 heteroatoms. The minimum atomic E-state index is -1.14. The van der Waals surface area contributed by atoms with Crippen LogP contribution in [0.2, 0.25) is 0 Å². The van der Waals surface area contributed by atoms with E-state index >= 15 is 0 Å². The highest BCUT2D eigenvalue weighted by atomic mass is 16.6. The highest BCUT2D eigenvalue weighted by Gasteiger charge is 2.31. The highest BCUT2D eigenvalue weighted by Crippen LogP contribution is 2.23. The summed E-state index contributed by atoms with van der Waals surface area (Å²) in [7, 11) is 0. The Balaban J connectivity index is 2.11. The zero-order valence-electron chi connectivity index (χ0n) is 11.1. The largest absolute Gasteiger partial charge is 0.475 e. The summed E-state index contributed by atoms with van der Waals surface area (Å²) in [5.41, 5.74) is 0.481. The van der Waals surface area contributed by atoms with E-state index in [0.717, 1.165) is 0 Å². The van der Waals surface area contributed by atoms with Crippen molar-refractivity contribution in [3.05, 3.63) is 17.0 Å². The molecule has 0 spiro atoms. The summed E-state index contributed by atoms with van der Waals surface area (Å²) < 4.78 is 10.0. The number of hydrogen-bond acceptors (Lipinski definition) is 5. The van der Waals surface area contributed by atoms with Gasteiger partial charge in [-0.15, -0.1) is 0 Å². The lowest BCUT2D eigenvalue weighted by Crippen LogP contribution is -2.40. The van der Waals surface area contributed by atoms with Crippen LogP contribution in [0.1, 0.15) is 42.6 Å². The third-order valence-corrected chi connectivity index (χ3v) is 2.69. The van der Waals surface area contributed by atoms with Crippen molar-refractivity contribution < 1.29 is 24.0 Å². The van der Waals surface area contributed by atoms with Gasteiger partial charge in [0.1, 0.15) is 11.3 Å².